The molecule has 34 heavy (non-hydrogen) atoms. The number of amides is 3. The van der Waals surface area contributed by atoms with E-state index in [2.05, 4.69) is 15.5 Å². The summed E-state index contributed by atoms with van der Waals surface area (Å²) in [5.74, 6) is -2.01. The van der Waals surface area contributed by atoms with E-state index in [-0.39, 0.29) is 41.8 Å². The molecular weight excluding hydrogens is 446 g/mol. The lowest BCUT2D eigenvalue weighted by molar-refractivity contribution is -0.136. The molecule has 1 unspecified atom stereocenters. The van der Waals surface area contributed by atoms with Crippen LogP contribution < -0.4 is 10.6 Å². The number of benzene rings is 1. The summed E-state index contributed by atoms with van der Waals surface area (Å²) >= 11 is 0. The van der Waals surface area contributed by atoms with Crippen molar-refractivity contribution in [1.82, 2.24) is 15.1 Å². The number of nitrogens with one attached hydrogen (secondary N) is 2. The SMILES string of the molecule is O=C1CCC(Nc2cc(F)c(C3CCN(CC4CCN(C(=O)CO)CC4)CC3)c(F)c2)C(=O)N1. The number of rotatable bonds is 6. The maximum absolute atomic E-state index is 14.9. The molecular formula is C24H32F2N4O4. The van der Waals surface area contributed by atoms with Gasteiger partial charge in [0.05, 0.1) is 0 Å². The Hall–Kier alpha value is -2.59. The van der Waals surface area contributed by atoms with Crippen molar-refractivity contribution < 1.29 is 28.3 Å². The van der Waals surface area contributed by atoms with E-state index in [1.54, 1.807) is 4.90 Å². The van der Waals surface area contributed by atoms with Gasteiger partial charge in [0.2, 0.25) is 17.7 Å². The van der Waals surface area contributed by atoms with Crippen molar-refractivity contribution in [2.45, 2.75) is 50.5 Å². The zero-order chi connectivity index (χ0) is 24.2. The molecule has 1 atom stereocenters. The van der Waals surface area contributed by atoms with Crippen molar-refractivity contribution in [3.05, 3.63) is 29.3 Å². The van der Waals surface area contributed by atoms with Crippen LogP contribution in [-0.4, -0.2) is 78.0 Å². The van der Waals surface area contributed by atoms with Crippen LogP contribution in [-0.2, 0) is 14.4 Å². The van der Waals surface area contributed by atoms with Crippen molar-refractivity contribution in [2.24, 2.45) is 5.92 Å². The molecule has 186 valence electrons. The summed E-state index contributed by atoms with van der Waals surface area (Å²) in [6, 6.07) is 1.77. The van der Waals surface area contributed by atoms with Crippen LogP contribution in [0.4, 0.5) is 14.5 Å². The fraction of sp³-hybridized carbons (Fsp3) is 0.625. The number of aliphatic hydroxyl groups excluding tert-OH is 1. The number of carbonyl (C=O) groups is 3. The minimum Gasteiger partial charge on any atom is -0.387 e. The van der Waals surface area contributed by atoms with Gasteiger partial charge in [-0.2, -0.15) is 0 Å². The lowest BCUT2D eigenvalue weighted by Gasteiger charge is -2.37. The highest BCUT2D eigenvalue weighted by atomic mass is 19.1. The number of likely N-dealkylation sites (tertiary alicyclic amines) is 2. The summed E-state index contributed by atoms with van der Waals surface area (Å²) in [4.78, 5) is 38.8. The first-order valence-corrected chi connectivity index (χ1v) is 12.0. The molecule has 3 fully saturated rings. The summed E-state index contributed by atoms with van der Waals surface area (Å²) in [5.41, 5.74) is 0.293. The molecule has 3 aliphatic rings. The first kappa shape index (κ1) is 24.5. The zero-order valence-electron chi connectivity index (χ0n) is 19.2. The van der Waals surface area contributed by atoms with Gasteiger partial charge in [0.15, 0.2) is 0 Å². The van der Waals surface area contributed by atoms with Crippen LogP contribution in [0.1, 0.15) is 50.0 Å². The number of nitrogens with zero attached hydrogens (tertiary/aromatic N) is 2. The Morgan fingerprint density at radius 2 is 1.68 bits per heavy atom. The molecule has 1 aromatic carbocycles. The number of aliphatic hydroxyl groups is 1. The quantitative estimate of drug-likeness (QED) is 0.537. The van der Waals surface area contributed by atoms with Gasteiger partial charge in [0.25, 0.3) is 0 Å². The predicted molar refractivity (Wildman–Crippen MR) is 121 cm³/mol. The van der Waals surface area contributed by atoms with Crippen LogP contribution in [0.25, 0.3) is 0 Å². The smallest absolute Gasteiger partial charge is 0.249 e. The van der Waals surface area contributed by atoms with E-state index in [0.717, 1.165) is 32.5 Å². The molecule has 0 aromatic heterocycles. The number of piperidine rings is 3. The second-order valence-electron chi connectivity index (χ2n) is 9.56. The molecule has 3 heterocycles. The van der Waals surface area contributed by atoms with Crippen LogP contribution in [0, 0.1) is 17.6 Å². The van der Waals surface area contributed by atoms with E-state index in [1.807, 2.05) is 0 Å². The maximum atomic E-state index is 14.9. The fourth-order valence-electron chi connectivity index (χ4n) is 5.32. The molecule has 3 aliphatic heterocycles. The average Bonchev–Trinajstić information content (AvgIpc) is 2.81. The van der Waals surface area contributed by atoms with Crippen molar-refractivity contribution >= 4 is 23.4 Å². The molecule has 4 rings (SSSR count). The highest BCUT2D eigenvalue weighted by Gasteiger charge is 2.30. The van der Waals surface area contributed by atoms with Crippen LogP contribution >= 0.6 is 0 Å². The minimum absolute atomic E-state index is 0.101. The Labute approximate surface area is 197 Å². The van der Waals surface area contributed by atoms with Crippen LogP contribution in [0.3, 0.4) is 0 Å². The third-order valence-electron chi connectivity index (χ3n) is 7.27. The zero-order valence-corrected chi connectivity index (χ0v) is 19.2. The van der Waals surface area contributed by atoms with Crippen LogP contribution in [0.2, 0.25) is 0 Å². The van der Waals surface area contributed by atoms with E-state index in [4.69, 9.17) is 5.11 Å². The Morgan fingerprint density at radius 3 is 2.26 bits per heavy atom. The van der Waals surface area contributed by atoms with E-state index in [0.29, 0.717) is 31.8 Å². The van der Waals surface area contributed by atoms with E-state index >= 15 is 0 Å². The number of imide groups is 1. The molecule has 0 saturated carbocycles. The molecule has 3 saturated heterocycles. The topological polar surface area (TPSA) is 102 Å². The monoisotopic (exact) mass is 478 g/mol. The first-order chi connectivity index (χ1) is 16.3. The van der Waals surface area contributed by atoms with Gasteiger partial charge in [-0.1, -0.05) is 0 Å². The second-order valence-corrected chi connectivity index (χ2v) is 9.56. The number of hydrogen-bond donors (Lipinski definition) is 3. The van der Waals surface area contributed by atoms with Gasteiger partial charge in [-0.3, -0.25) is 19.7 Å². The molecule has 3 amide bonds. The fourth-order valence-corrected chi connectivity index (χ4v) is 5.32. The van der Waals surface area contributed by atoms with Gasteiger partial charge < -0.3 is 20.2 Å². The summed E-state index contributed by atoms with van der Waals surface area (Å²) in [6.45, 7) is 3.31. The molecule has 0 radical (unpaired) electrons. The van der Waals surface area contributed by atoms with Crippen LogP contribution in [0.15, 0.2) is 12.1 Å². The Kier molecular flexibility index (Phi) is 7.77. The number of carbonyl (C=O) groups excluding carboxylic acids is 3. The average molecular weight is 479 g/mol. The lowest BCUT2D eigenvalue weighted by Crippen LogP contribution is -2.47. The Balaban J connectivity index is 1.29. The summed E-state index contributed by atoms with van der Waals surface area (Å²) in [6.07, 6.45) is 3.59. The van der Waals surface area contributed by atoms with Gasteiger partial charge in [0.1, 0.15) is 24.3 Å². The predicted octanol–water partition coefficient (Wildman–Crippen LogP) is 1.59. The van der Waals surface area contributed by atoms with Gasteiger partial charge >= 0.3 is 0 Å². The van der Waals surface area contributed by atoms with E-state index in [1.165, 1.54) is 12.1 Å². The number of halogens is 2. The number of hydrogen-bond acceptors (Lipinski definition) is 6. The second kappa shape index (κ2) is 10.8. The Morgan fingerprint density at radius 1 is 1.03 bits per heavy atom. The van der Waals surface area contributed by atoms with Crippen molar-refractivity contribution in [2.75, 3.05) is 44.6 Å². The van der Waals surface area contributed by atoms with Crippen molar-refractivity contribution in [1.29, 1.82) is 0 Å². The molecule has 3 N–H and O–H groups in total. The maximum Gasteiger partial charge on any atom is 0.249 e. The Bertz CT molecular complexity index is 905. The highest BCUT2D eigenvalue weighted by Crippen LogP contribution is 2.34. The summed E-state index contributed by atoms with van der Waals surface area (Å²) in [5, 5.41) is 14.1. The van der Waals surface area contributed by atoms with Crippen molar-refractivity contribution in [3.8, 4) is 0 Å². The third kappa shape index (κ3) is 5.72. The van der Waals surface area contributed by atoms with Gasteiger partial charge in [-0.25, -0.2) is 8.78 Å². The van der Waals surface area contributed by atoms with Crippen molar-refractivity contribution in [3.63, 3.8) is 0 Å². The summed E-state index contributed by atoms with van der Waals surface area (Å²) in [7, 11) is 0. The van der Waals surface area contributed by atoms with Gasteiger partial charge in [-0.15, -0.1) is 0 Å². The van der Waals surface area contributed by atoms with Gasteiger partial charge in [0, 0.05) is 37.3 Å². The van der Waals surface area contributed by atoms with Crippen LogP contribution in [0.5, 0.6) is 0 Å². The van der Waals surface area contributed by atoms with Gasteiger partial charge in [-0.05, 0) is 69.2 Å². The highest BCUT2D eigenvalue weighted by molar-refractivity contribution is 6.01. The molecule has 8 nitrogen and oxygen atoms in total. The normalized spacial score (nSPS) is 23.1. The molecule has 0 spiro atoms. The number of anilines is 1. The van der Waals surface area contributed by atoms with E-state index in [9.17, 15) is 23.2 Å². The third-order valence-corrected chi connectivity index (χ3v) is 7.27. The minimum atomic E-state index is -0.695. The largest absolute Gasteiger partial charge is 0.387 e. The first-order valence-electron chi connectivity index (χ1n) is 12.0. The molecule has 10 heteroatoms. The molecule has 1 aromatic rings. The standard InChI is InChI=1S/C24H32F2N4O4/c25-18-11-17(27-20-1-2-21(32)28-24(20)34)12-19(26)23(18)16-5-7-29(8-6-16)13-15-3-9-30(10-4-15)22(33)14-31/h11-12,15-16,20,27,31H,1-10,13-14H2,(H,28,32,34). The molecule has 0 bridgehead atoms. The van der Waals surface area contributed by atoms with E-state index < -0.39 is 30.2 Å². The molecule has 0 aliphatic carbocycles. The lowest BCUT2D eigenvalue weighted by atomic mass is 9.87. The summed E-state index contributed by atoms with van der Waals surface area (Å²) < 4.78 is 29.8.